The van der Waals surface area contributed by atoms with E-state index in [4.69, 9.17) is 16.0 Å². The van der Waals surface area contributed by atoms with E-state index >= 15 is 0 Å². The van der Waals surface area contributed by atoms with Crippen LogP contribution in [0, 0.1) is 5.41 Å². The molecule has 0 heterocycles. The highest BCUT2D eigenvalue weighted by atomic mass is 16.4. The van der Waals surface area contributed by atoms with Crippen molar-refractivity contribution in [1.29, 1.82) is 0 Å². The number of oxime groups is 1. The molecule has 0 aromatic rings. The van der Waals surface area contributed by atoms with Gasteiger partial charge < -0.3 is 20.9 Å². The van der Waals surface area contributed by atoms with Crippen molar-refractivity contribution in [3.8, 4) is 0 Å². The molecule has 0 spiro atoms. The number of nitrogens with two attached hydrogens (primary N) is 1. The normalized spacial score (nSPS) is 12.6. The van der Waals surface area contributed by atoms with Gasteiger partial charge in [0.2, 0.25) is 0 Å². The SMILES string of the molecule is CC(C)(C)CN(CCC(N)=NO)C(=O)O. The molecular formula is C9H19N3O3. The Bertz CT molecular complexity index is 245. The van der Waals surface area contributed by atoms with E-state index in [9.17, 15) is 4.79 Å². The largest absolute Gasteiger partial charge is 0.465 e. The van der Waals surface area contributed by atoms with Crippen LogP contribution in [-0.4, -0.2) is 40.2 Å². The highest BCUT2D eigenvalue weighted by Gasteiger charge is 2.20. The van der Waals surface area contributed by atoms with Crippen molar-refractivity contribution in [2.45, 2.75) is 27.2 Å². The predicted molar refractivity (Wildman–Crippen MR) is 57.1 cm³/mol. The number of amidine groups is 1. The van der Waals surface area contributed by atoms with Crippen LogP contribution in [-0.2, 0) is 0 Å². The Morgan fingerprint density at radius 1 is 1.47 bits per heavy atom. The topological polar surface area (TPSA) is 99.1 Å². The lowest BCUT2D eigenvalue weighted by Gasteiger charge is -2.27. The van der Waals surface area contributed by atoms with Gasteiger partial charge in [0.05, 0.1) is 0 Å². The van der Waals surface area contributed by atoms with Gasteiger partial charge in [-0.05, 0) is 5.41 Å². The maximum atomic E-state index is 10.9. The Morgan fingerprint density at radius 3 is 2.33 bits per heavy atom. The third kappa shape index (κ3) is 6.59. The van der Waals surface area contributed by atoms with Crippen molar-refractivity contribution >= 4 is 11.9 Å². The first kappa shape index (κ1) is 13.5. The fraction of sp³-hybridized carbons (Fsp3) is 0.778. The van der Waals surface area contributed by atoms with Gasteiger partial charge in [-0.15, -0.1) is 0 Å². The van der Waals surface area contributed by atoms with Gasteiger partial charge in [0.25, 0.3) is 0 Å². The van der Waals surface area contributed by atoms with E-state index in [1.54, 1.807) is 0 Å². The molecule has 0 radical (unpaired) electrons. The van der Waals surface area contributed by atoms with Gasteiger partial charge in [-0.2, -0.15) is 0 Å². The molecule has 88 valence electrons. The zero-order valence-corrected chi connectivity index (χ0v) is 9.40. The second kappa shape index (κ2) is 5.43. The van der Waals surface area contributed by atoms with Crippen LogP contribution in [0.25, 0.3) is 0 Å². The molecule has 0 atom stereocenters. The summed E-state index contributed by atoms with van der Waals surface area (Å²) in [5.41, 5.74) is 5.16. The first-order valence-corrected chi connectivity index (χ1v) is 4.70. The van der Waals surface area contributed by atoms with E-state index in [-0.39, 0.29) is 24.2 Å². The molecule has 0 aliphatic rings. The first-order chi connectivity index (χ1) is 6.76. The number of hydrogen-bond acceptors (Lipinski definition) is 3. The highest BCUT2D eigenvalue weighted by molar-refractivity contribution is 5.80. The maximum Gasteiger partial charge on any atom is 0.407 e. The molecule has 0 aliphatic heterocycles. The quantitative estimate of drug-likeness (QED) is 0.284. The highest BCUT2D eigenvalue weighted by Crippen LogP contribution is 2.15. The lowest BCUT2D eigenvalue weighted by Crippen LogP contribution is -2.38. The van der Waals surface area contributed by atoms with Crippen molar-refractivity contribution in [3.63, 3.8) is 0 Å². The number of carbonyl (C=O) groups is 1. The van der Waals surface area contributed by atoms with Crippen LogP contribution in [0.1, 0.15) is 27.2 Å². The second-order valence-corrected chi connectivity index (χ2v) is 4.61. The molecule has 0 fully saturated rings. The summed E-state index contributed by atoms with van der Waals surface area (Å²) in [6, 6.07) is 0. The molecule has 0 bridgehead atoms. The van der Waals surface area contributed by atoms with Crippen LogP contribution in [0.4, 0.5) is 4.79 Å². The first-order valence-electron chi connectivity index (χ1n) is 4.70. The summed E-state index contributed by atoms with van der Waals surface area (Å²) >= 11 is 0. The average Bonchev–Trinajstić information content (AvgIpc) is 2.09. The van der Waals surface area contributed by atoms with Crippen LogP contribution in [0.5, 0.6) is 0 Å². The summed E-state index contributed by atoms with van der Waals surface area (Å²) in [6.07, 6.45) is -0.755. The Labute approximate surface area is 89.4 Å². The van der Waals surface area contributed by atoms with E-state index < -0.39 is 6.09 Å². The summed E-state index contributed by atoms with van der Waals surface area (Å²) in [4.78, 5) is 12.1. The molecule has 0 aromatic carbocycles. The van der Waals surface area contributed by atoms with Gasteiger partial charge in [-0.1, -0.05) is 25.9 Å². The van der Waals surface area contributed by atoms with Crippen LogP contribution in [0.3, 0.4) is 0 Å². The number of carboxylic acid groups (broad SMARTS) is 1. The lowest BCUT2D eigenvalue weighted by molar-refractivity contribution is 0.127. The molecule has 0 aromatic heterocycles. The van der Waals surface area contributed by atoms with Gasteiger partial charge in [-0.3, -0.25) is 0 Å². The molecule has 0 unspecified atom stereocenters. The van der Waals surface area contributed by atoms with E-state index in [1.807, 2.05) is 20.8 Å². The lowest BCUT2D eigenvalue weighted by atomic mass is 9.96. The summed E-state index contributed by atoms with van der Waals surface area (Å²) in [5, 5.41) is 20.0. The van der Waals surface area contributed by atoms with Crippen LogP contribution in [0.2, 0.25) is 0 Å². The van der Waals surface area contributed by atoms with Gasteiger partial charge in [0.1, 0.15) is 5.84 Å². The van der Waals surface area contributed by atoms with Gasteiger partial charge >= 0.3 is 6.09 Å². The molecule has 0 aliphatic carbocycles. The number of amides is 1. The van der Waals surface area contributed by atoms with Crippen molar-refractivity contribution in [2.75, 3.05) is 13.1 Å². The standard InChI is InChI=1S/C9H19N3O3/c1-9(2,3)6-12(8(13)14)5-4-7(10)11-15/h15H,4-6H2,1-3H3,(H2,10,11)(H,13,14). The van der Waals surface area contributed by atoms with E-state index in [1.165, 1.54) is 4.90 Å². The minimum Gasteiger partial charge on any atom is -0.465 e. The fourth-order valence-corrected chi connectivity index (χ4v) is 1.11. The average molecular weight is 217 g/mol. The predicted octanol–water partition coefficient (Wildman–Crippen LogP) is 1.15. The summed E-state index contributed by atoms with van der Waals surface area (Å²) < 4.78 is 0. The van der Waals surface area contributed by atoms with Crippen molar-refractivity contribution < 1.29 is 15.1 Å². The molecule has 1 amide bonds. The van der Waals surface area contributed by atoms with E-state index in [2.05, 4.69) is 5.16 Å². The van der Waals surface area contributed by atoms with E-state index in [0.29, 0.717) is 6.54 Å². The maximum absolute atomic E-state index is 10.9. The minimum absolute atomic E-state index is 0.0372. The van der Waals surface area contributed by atoms with Crippen LogP contribution in [0.15, 0.2) is 5.16 Å². The monoisotopic (exact) mass is 217 g/mol. The molecule has 6 heteroatoms. The second-order valence-electron chi connectivity index (χ2n) is 4.61. The zero-order valence-electron chi connectivity index (χ0n) is 9.40. The van der Waals surface area contributed by atoms with Gasteiger partial charge in [-0.25, -0.2) is 4.79 Å². The molecule has 0 saturated heterocycles. The number of rotatable bonds is 4. The number of hydrogen-bond donors (Lipinski definition) is 3. The van der Waals surface area contributed by atoms with Crippen molar-refractivity contribution in [2.24, 2.45) is 16.3 Å². The third-order valence-corrected chi connectivity index (χ3v) is 1.70. The number of nitrogens with zero attached hydrogens (tertiary/aromatic N) is 2. The van der Waals surface area contributed by atoms with Gasteiger partial charge in [0, 0.05) is 19.5 Å². The summed E-state index contributed by atoms with van der Waals surface area (Å²) in [5.74, 6) is 0.0372. The van der Waals surface area contributed by atoms with Gasteiger partial charge in [0.15, 0.2) is 0 Å². The summed E-state index contributed by atoms with van der Waals surface area (Å²) in [6.45, 7) is 6.51. The molecule has 4 N–H and O–H groups in total. The molecule has 0 rings (SSSR count). The van der Waals surface area contributed by atoms with Crippen LogP contribution >= 0.6 is 0 Å². The van der Waals surface area contributed by atoms with Crippen molar-refractivity contribution in [3.05, 3.63) is 0 Å². The summed E-state index contributed by atoms with van der Waals surface area (Å²) in [7, 11) is 0. The van der Waals surface area contributed by atoms with Crippen LogP contribution < -0.4 is 5.73 Å². The molecule has 0 saturated carbocycles. The third-order valence-electron chi connectivity index (χ3n) is 1.70. The minimum atomic E-state index is -0.990. The fourth-order valence-electron chi connectivity index (χ4n) is 1.11. The Kier molecular flexibility index (Phi) is 4.90. The Hall–Kier alpha value is -1.46. The smallest absolute Gasteiger partial charge is 0.407 e. The van der Waals surface area contributed by atoms with Crippen molar-refractivity contribution in [1.82, 2.24) is 4.90 Å². The Morgan fingerprint density at radius 2 is 2.00 bits per heavy atom. The molecule has 15 heavy (non-hydrogen) atoms. The zero-order chi connectivity index (χ0) is 12.1. The Balaban J connectivity index is 4.24. The van der Waals surface area contributed by atoms with E-state index in [0.717, 1.165) is 0 Å². The molecule has 6 nitrogen and oxygen atoms in total. The molecular weight excluding hydrogens is 198 g/mol.